The van der Waals surface area contributed by atoms with E-state index in [0.717, 1.165) is 12.8 Å². The highest BCUT2D eigenvalue weighted by Gasteiger charge is 2.28. The van der Waals surface area contributed by atoms with E-state index in [0.29, 0.717) is 18.8 Å². The van der Waals surface area contributed by atoms with Crippen LogP contribution >= 0.6 is 12.6 Å². The third-order valence-electron chi connectivity index (χ3n) is 2.95. The molecular weight excluding hydrogens is 240 g/mol. The van der Waals surface area contributed by atoms with Crippen LogP contribution in [0.1, 0.15) is 19.8 Å². The van der Waals surface area contributed by atoms with Crippen molar-refractivity contribution in [1.29, 1.82) is 0 Å². The van der Waals surface area contributed by atoms with Crippen molar-refractivity contribution in [3.63, 3.8) is 0 Å². The van der Waals surface area contributed by atoms with Gasteiger partial charge in [-0.1, -0.05) is 0 Å². The normalized spacial score (nSPS) is 22.1. The number of nitrogens with zero attached hydrogens (tertiary/aromatic N) is 1. The summed E-state index contributed by atoms with van der Waals surface area (Å²) in [7, 11) is 0. The summed E-state index contributed by atoms with van der Waals surface area (Å²) in [4.78, 5) is 24.8. The molecule has 1 aliphatic heterocycles. The van der Waals surface area contributed by atoms with Crippen molar-refractivity contribution in [3.8, 4) is 0 Å². The van der Waals surface area contributed by atoms with E-state index in [2.05, 4.69) is 17.9 Å². The number of amides is 2. The molecule has 2 atom stereocenters. The summed E-state index contributed by atoms with van der Waals surface area (Å²) in [6.07, 6.45) is 1.85. The minimum absolute atomic E-state index is 0.103. The van der Waals surface area contributed by atoms with Gasteiger partial charge in [0, 0.05) is 32.4 Å². The van der Waals surface area contributed by atoms with E-state index in [9.17, 15) is 9.59 Å². The minimum atomic E-state index is -0.562. The molecule has 17 heavy (non-hydrogen) atoms. The first-order valence-electron chi connectivity index (χ1n) is 5.86. The Labute approximate surface area is 107 Å². The van der Waals surface area contributed by atoms with Gasteiger partial charge in [0.15, 0.2) is 0 Å². The second-order valence-electron chi connectivity index (χ2n) is 4.41. The molecule has 0 aromatic heterocycles. The van der Waals surface area contributed by atoms with E-state index < -0.39 is 6.04 Å². The van der Waals surface area contributed by atoms with Crippen molar-refractivity contribution in [3.05, 3.63) is 0 Å². The van der Waals surface area contributed by atoms with Crippen LogP contribution in [-0.4, -0.2) is 53.3 Å². The van der Waals surface area contributed by atoms with Gasteiger partial charge < -0.3 is 15.3 Å². The fourth-order valence-corrected chi connectivity index (χ4v) is 2.31. The predicted molar refractivity (Wildman–Crippen MR) is 67.8 cm³/mol. The molecule has 0 spiro atoms. The maximum atomic E-state index is 12.1. The van der Waals surface area contributed by atoms with Gasteiger partial charge in [0.2, 0.25) is 11.8 Å². The van der Waals surface area contributed by atoms with Gasteiger partial charge in [-0.25, -0.2) is 0 Å². The van der Waals surface area contributed by atoms with Crippen LogP contribution < -0.4 is 5.32 Å². The summed E-state index contributed by atoms with van der Waals surface area (Å²) >= 11 is 4.08. The number of hydrogen-bond donors (Lipinski definition) is 3. The third kappa shape index (κ3) is 4.20. The van der Waals surface area contributed by atoms with Gasteiger partial charge in [-0.3, -0.25) is 9.59 Å². The topological polar surface area (TPSA) is 69.6 Å². The predicted octanol–water partition coefficient (Wildman–Crippen LogP) is -0.348. The lowest BCUT2D eigenvalue weighted by molar-refractivity contribution is -0.137. The average Bonchev–Trinajstić information content (AvgIpc) is 2.35. The minimum Gasteiger partial charge on any atom is -0.396 e. The zero-order chi connectivity index (χ0) is 12.8. The first-order chi connectivity index (χ1) is 8.08. The molecule has 2 N–H and O–H groups in total. The summed E-state index contributed by atoms with van der Waals surface area (Å²) in [6, 6.07) is -0.562. The SMILES string of the molecule is CC(=O)NC(CS)C(=O)N1CCCC(CO)C1. The Hall–Kier alpha value is -0.750. The van der Waals surface area contributed by atoms with Crippen LogP contribution in [0, 0.1) is 5.92 Å². The highest BCUT2D eigenvalue weighted by Crippen LogP contribution is 2.16. The molecule has 2 unspecified atom stereocenters. The summed E-state index contributed by atoms with van der Waals surface area (Å²) in [5.74, 6) is 0.116. The molecule has 0 aliphatic carbocycles. The monoisotopic (exact) mass is 260 g/mol. The molecule has 2 amide bonds. The standard InChI is InChI=1S/C11H20N2O3S/c1-8(15)12-10(7-17)11(16)13-4-2-3-9(5-13)6-14/h9-10,14,17H,2-7H2,1H3,(H,12,15). The van der Waals surface area contributed by atoms with Crippen molar-refractivity contribution in [2.75, 3.05) is 25.4 Å². The molecule has 0 aromatic carbocycles. The molecule has 98 valence electrons. The zero-order valence-electron chi connectivity index (χ0n) is 10.1. The van der Waals surface area contributed by atoms with E-state index in [1.165, 1.54) is 6.92 Å². The number of likely N-dealkylation sites (tertiary alicyclic amines) is 1. The molecule has 1 aliphatic rings. The largest absolute Gasteiger partial charge is 0.396 e. The summed E-state index contributed by atoms with van der Waals surface area (Å²) in [5.41, 5.74) is 0. The fourth-order valence-electron chi connectivity index (χ4n) is 2.07. The molecular formula is C11H20N2O3S. The van der Waals surface area contributed by atoms with Crippen LogP contribution in [0.15, 0.2) is 0 Å². The van der Waals surface area contributed by atoms with E-state index >= 15 is 0 Å². The molecule has 0 radical (unpaired) electrons. The second-order valence-corrected chi connectivity index (χ2v) is 4.78. The quantitative estimate of drug-likeness (QED) is 0.605. The Balaban J connectivity index is 2.57. The van der Waals surface area contributed by atoms with Gasteiger partial charge in [0.25, 0.3) is 0 Å². The number of thiol groups is 1. The van der Waals surface area contributed by atoms with Crippen LogP contribution in [0.4, 0.5) is 0 Å². The lowest BCUT2D eigenvalue weighted by Crippen LogP contribution is -2.52. The fraction of sp³-hybridized carbons (Fsp3) is 0.818. The van der Waals surface area contributed by atoms with E-state index in [-0.39, 0.29) is 24.3 Å². The highest BCUT2D eigenvalue weighted by atomic mass is 32.1. The zero-order valence-corrected chi connectivity index (χ0v) is 10.9. The van der Waals surface area contributed by atoms with Crippen LogP contribution in [0.5, 0.6) is 0 Å². The lowest BCUT2D eigenvalue weighted by atomic mass is 9.98. The van der Waals surface area contributed by atoms with Gasteiger partial charge in [0.1, 0.15) is 6.04 Å². The van der Waals surface area contributed by atoms with Crippen LogP contribution in [0.25, 0.3) is 0 Å². The molecule has 1 rings (SSSR count). The summed E-state index contributed by atoms with van der Waals surface area (Å²) < 4.78 is 0. The number of nitrogens with one attached hydrogen (secondary N) is 1. The lowest BCUT2D eigenvalue weighted by Gasteiger charge is -2.34. The molecule has 0 saturated carbocycles. The van der Waals surface area contributed by atoms with Crippen molar-refractivity contribution in [1.82, 2.24) is 10.2 Å². The van der Waals surface area contributed by atoms with Crippen molar-refractivity contribution >= 4 is 24.4 Å². The smallest absolute Gasteiger partial charge is 0.246 e. The Kier molecular flexibility index (Phi) is 5.77. The van der Waals surface area contributed by atoms with Gasteiger partial charge in [-0.15, -0.1) is 0 Å². The van der Waals surface area contributed by atoms with Crippen molar-refractivity contribution < 1.29 is 14.7 Å². The number of carbonyl (C=O) groups is 2. The number of carbonyl (C=O) groups excluding carboxylic acids is 2. The molecule has 5 nitrogen and oxygen atoms in total. The first kappa shape index (κ1) is 14.3. The number of hydrogen-bond acceptors (Lipinski definition) is 4. The van der Waals surface area contributed by atoms with Gasteiger partial charge in [-0.2, -0.15) is 12.6 Å². The Morgan fingerprint density at radius 2 is 2.29 bits per heavy atom. The Morgan fingerprint density at radius 1 is 1.59 bits per heavy atom. The molecule has 1 fully saturated rings. The van der Waals surface area contributed by atoms with Crippen LogP contribution in [-0.2, 0) is 9.59 Å². The van der Waals surface area contributed by atoms with Gasteiger partial charge in [0.05, 0.1) is 0 Å². The Morgan fingerprint density at radius 3 is 2.82 bits per heavy atom. The second kappa shape index (κ2) is 6.86. The van der Waals surface area contributed by atoms with Gasteiger partial charge in [-0.05, 0) is 18.8 Å². The molecule has 6 heteroatoms. The molecule has 1 heterocycles. The molecule has 0 bridgehead atoms. The number of aliphatic hydroxyl groups is 1. The maximum absolute atomic E-state index is 12.1. The number of piperidine rings is 1. The third-order valence-corrected chi connectivity index (χ3v) is 3.31. The number of aliphatic hydroxyl groups excluding tert-OH is 1. The number of rotatable bonds is 4. The average molecular weight is 260 g/mol. The van der Waals surface area contributed by atoms with Gasteiger partial charge >= 0.3 is 0 Å². The van der Waals surface area contributed by atoms with E-state index in [4.69, 9.17) is 5.11 Å². The van der Waals surface area contributed by atoms with Crippen LogP contribution in [0.2, 0.25) is 0 Å². The maximum Gasteiger partial charge on any atom is 0.246 e. The summed E-state index contributed by atoms with van der Waals surface area (Å²) in [5, 5.41) is 11.7. The first-order valence-corrected chi connectivity index (χ1v) is 6.49. The van der Waals surface area contributed by atoms with Crippen molar-refractivity contribution in [2.45, 2.75) is 25.8 Å². The molecule has 0 aromatic rings. The summed E-state index contributed by atoms with van der Waals surface area (Å²) in [6.45, 7) is 2.75. The van der Waals surface area contributed by atoms with Crippen LogP contribution in [0.3, 0.4) is 0 Å². The van der Waals surface area contributed by atoms with E-state index in [1.807, 2.05) is 0 Å². The highest BCUT2D eigenvalue weighted by molar-refractivity contribution is 7.80. The van der Waals surface area contributed by atoms with Crippen molar-refractivity contribution in [2.24, 2.45) is 5.92 Å². The van der Waals surface area contributed by atoms with E-state index in [1.54, 1.807) is 4.90 Å². The Bertz CT molecular complexity index is 286. The molecule has 1 saturated heterocycles.